The van der Waals surface area contributed by atoms with Gasteiger partial charge in [-0.05, 0) is 0 Å². The van der Waals surface area contributed by atoms with Crippen LogP contribution in [0, 0.1) is 0 Å². The topological polar surface area (TPSA) is 9.23 Å². The highest BCUT2D eigenvalue weighted by atomic mass is 32.2. The van der Waals surface area contributed by atoms with Gasteiger partial charge in [-0.2, -0.15) is 0 Å². The van der Waals surface area contributed by atoms with Crippen LogP contribution in [0.3, 0.4) is 0 Å². The Bertz CT molecular complexity index is 20.5. The van der Waals surface area contributed by atoms with E-state index in [2.05, 4.69) is 0 Å². The standard InChI is InChI=1S/C3H6OS.2C2H6/c1-2-5-3-4-1;2*1-2/h1-3H2;2*1-2H3. The molecular weight excluding hydrogens is 132 g/mol. The fourth-order valence-corrected chi connectivity index (χ4v) is 0.884. The van der Waals surface area contributed by atoms with Crippen LogP contribution in [0.2, 0.25) is 0 Å². The molecule has 1 heterocycles. The van der Waals surface area contributed by atoms with Crippen molar-refractivity contribution < 1.29 is 4.74 Å². The Morgan fingerprint density at radius 1 is 1.11 bits per heavy atom. The summed E-state index contributed by atoms with van der Waals surface area (Å²) < 4.78 is 4.91. The van der Waals surface area contributed by atoms with Crippen LogP contribution in [0.5, 0.6) is 0 Å². The molecule has 1 rings (SSSR count). The largest absolute Gasteiger partial charge is 0.370 e. The lowest BCUT2D eigenvalue weighted by Gasteiger charge is -1.75. The highest BCUT2D eigenvalue weighted by Crippen LogP contribution is 2.06. The third-order valence-electron chi connectivity index (χ3n) is 0.539. The van der Waals surface area contributed by atoms with Crippen molar-refractivity contribution in [2.45, 2.75) is 27.7 Å². The summed E-state index contributed by atoms with van der Waals surface area (Å²) in [6.45, 7) is 8.96. The number of rotatable bonds is 0. The fraction of sp³-hybridized carbons (Fsp3) is 1.00. The van der Waals surface area contributed by atoms with Gasteiger partial charge in [-0.1, -0.05) is 27.7 Å². The van der Waals surface area contributed by atoms with E-state index in [4.69, 9.17) is 4.74 Å². The van der Waals surface area contributed by atoms with Gasteiger partial charge in [0.25, 0.3) is 0 Å². The minimum Gasteiger partial charge on any atom is -0.370 e. The Labute approximate surface area is 63.2 Å². The zero-order valence-electron chi connectivity index (χ0n) is 6.94. The molecule has 1 fully saturated rings. The van der Waals surface area contributed by atoms with Gasteiger partial charge < -0.3 is 4.74 Å². The van der Waals surface area contributed by atoms with E-state index in [9.17, 15) is 0 Å². The number of ether oxygens (including phenoxy) is 1. The van der Waals surface area contributed by atoms with Gasteiger partial charge in [0.1, 0.15) is 0 Å². The molecule has 0 aromatic rings. The third-order valence-corrected chi connectivity index (χ3v) is 1.33. The van der Waals surface area contributed by atoms with E-state index in [0.29, 0.717) is 0 Å². The van der Waals surface area contributed by atoms with Crippen LogP contribution in [0.4, 0.5) is 0 Å². The summed E-state index contributed by atoms with van der Waals surface area (Å²) in [6, 6.07) is 0. The molecule has 2 heteroatoms. The zero-order chi connectivity index (χ0) is 7.54. The van der Waals surface area contributed by atoms with Crippen LogP contribution < -0.4 is 0 Å². The summed E-state index contributed by atoms with van der Waals surface area (Å²) in [5, 5.41) is 0. The van der Waals surface area contributed by atoms with Crippen LogP contribution in [0.15, 0.2) is 0 Å². The van der Waals surface area contributed by atoms with Crippen LogP contribution >= 0.6 is 11.8 Å². The summed E-state index contributed by atoms with van der Waals surface area (Å²) in [4.78, 5) is 0. The minimum absolute atomic E-state index is 0.917. The molecule has 0 spiro atoms. The molecule has 1 aliphatic heterocycles. The van der Waals surface area contributed by atoms with E-state index in [1.54, 1.807) is 0 Å². The van der Waals surface area contributed by atoms with Gasteiger partial charge in [0.15, 0.2) is 0 Å². The first-order chi connectivity index (χ1) is 4.50. The maximum absolute atomic E-state index is 4.91. The van der Waals surface area contributed by atoms with Gasteiger partial charge in [0.05, 0.1) is 12.5 Å². The predicted molar refractivity (Wildman–Crippen MR) is 46.0 cm³/mol. The van der Waals surface area contributed by atoms with E-state index in [1.807, 2.05) is 39.5 Å². The fourth-order valence-electron chi connectivity index (χ4n) is 0.295. The van der Waals surface area contributed by atoms with E-state index in [0.717, 1.165) is 12.5 Å². The van der Waals surface area contributed by atoms with Crippen molar-refractivity contribution in [3.05, 3.63) is 0 Å². The number of thioether (sulfide) groups is 1. The quantitative estimate of drug-likeness (QED) is 0.525. The Hall–Kier alpha value is 0.310. The van der Waals surface area contributed by atoms with Crippen LogP contribution in [-0.2, 0) is 4.74 Å². The molecule has 0 radical (unpaired) electrons. The smallest absolute Gasteiger partial charge is 0.0922 e. The molecule has 0 unspecified atom stereocenters. The SMILES string of the molecule is C1CSCO1.CC.CC. The van der Waals surface area contributed by atoms with Gasteiger partial charge >= 0.3 is 0 Å². The van der Waals surface area contributed by atoms with E-state index in [-0.39, 0.29) is 0 Å². The number of hydrogen-bond donors (Lipinski definition) is 0. The van der Waals surface area contributed by atoms with Crippen molar-refractivity contribution in [1.82, 2.24) is 0 Å². The van der Waals surface area contributed by atoms with Crippen molar-refractivity contribution in [1.29, 1.82) is 0 Å². The Balaban J connectivity index is 0. The molecule has 0 aromatic heterocycles. The van der Waals surface area contributed by atoms with Gasteiger partial charge in [-0.3, -0.25) is 0 Å². The summed E-state index contributed by atoms with van der Waals surface area (Å²) >= 11 is 1.85. The molecule has 1 nitrogen and oxygen atoms in total. The van der Waals surface area contributed by atoms with E-state index >= 15 is 0 Å². The third kappa shape index (κ3) is 11.7. The zero-order valence-corrected chi connectivity index (χ0v) is 7.75. The summed E-state index contributed by atoms with van der Waals surface area (Å²) in [6.07, 6.45) is 0. The molecule has 0 aliphatic carbocycles. The molecule has 0 N–H and O–H groups in total. The first-order valence-electron chi connectivity index (χ1n) is 3.65. The van der Waals surface area contributed by atoms with Gasteiger partial charge in [-0.25, -0.2) is 0 Å². The molecule has 58 valence electrons. The molecule has 1 saturated heterocycles. The first-order valence-corrected chi connectivity index (χ1v) is 4.81. The van der Waals surface area contributed by atoms with Crippen molar-refractivity contribution in [3.63, 3.8) is 0 Å². The summed E-state index contributed by atoms with van der Waals surface area (Å²) in [5.74, 6) is 2.11. The van der Waals surface area contributed by atoms with Crippen molar-refractivity contribution in [2.24, 2.45) is 0 Å². The van der Waals surface area contributed by atoms with Crippen LogP contribution in [0.25, 0.3) is 0 Å². The number of hydrogen-bond acceptors (Lipinski definition) is 2. The Kier molecular flexibility index (Phi) is 21.1. The van der Waals surface area contributed by atoms with Gasteiger partial charge in [-0.15, -0.1) is 11.8 Å². The Morgan fingerprint density at radius 2 is 1.67 bits per heavy atom. The second-order valence-corrected chi connectivity index (χ2v) is 1.99. The normalized spacial score (nSPS) is 14.7. The molecular formula is C7H18OS. The van der Waals surface area contributed by atoms with Crippen molar-refractivity contribution >= 4 is 11.8 Å². The average Bonchev–Trinajstić information content (AvgIpc) is 2.51. The second kappa shape index (κ2) is 15.7. The monoisotopic (exact) mass is 150 g/mol. The lowest BCUT2D eigenvalue weighted by atomic mass is 10.9. The minimum atomic E-state index is 0.917. The lowest BCUT2D eigenvalue weighted by molar-refractivity contribution is 0.217. The molecule has 0 aromatic carbocycles. The molecule has 0 atom stereocenters. The lowest BCUT2D eigenvalue weighted by Crippen LogP contribution is -1.77. The van der Waals surface area contributed by atoms with E-state index in [1.165, 1.54) is 5.75 Å². The first kappa shape index (κ1) is 12.0. The molecule has 9 heavy (non-hydrogen) atoms. The van der Waals surface area contributed by atoms with Gasteiger partial charge in [0, 0.05) is 5.75 Å². The van der Waals surface area contributed by atoms with Crippen molar-refractivity contribution in [2.75, 3.05) is 18.3 Å². The summed E-state index contributed by atoms with van der Waals surface area (Å²) in [7, 11) is 0. The second-order valence-electron chi connectivity index (χ2n) is 0.934. The molecule has 0 saturated carbocycles. The maximum atomic E-state index is 4.91. The highest BCUT2D eigenvalue weighted by Gasteiger charge is 1.94. The van der Waals surface area contributed by atoms with Gasteiger partial charge in [0.2, 0.25) is 0 Å². The predicted octanol–water partition coefficient (Wildman–Crippen LogP) is 2.76. The highest BCUT2D eigenvalue weighted by molar-refractivity contribution is 7.99. The van der Waals surface area contributed by atoms with Crippen molar-refractivity contribution in [3.8, 4) is 0 Å². The molecule has 0 amide bonds. The molecule has 0 bridgehead atoms. The Morgan fingerprint density at radius 3 is 1.78 bits per heavy atom. The van der Waals surface area contributed by atoms with Crippen LogP contribution in [0.1, 0.15) is 27.7 Å². The van der Waals surface area contributed by atoms with E-state index < -0.39 is 0 Å². The maximum Gasteiger partial charge on any atom is 0.0922 e. The average molecular weight is 150 g/mol. The summed E-state index contributed by atoms with van der Waals surface area (Å²) in [5.41, 5.74) is 0. The molecule has 1 aliphatic rings. The van der Waals surface area contributed by atoms with Crippen LogP contribution in [-0.4, -0.2) is 18.3 Å².